The van der Waals surface area contributed by atoms with Gasteiger partial charge in [0.15, 0.2) is 6.04 Å². The monoisotopic (exact) mass is 329 g/mol. The van der Waals surface area contributed by atoms with Gasteiger partial charge in [0, 0.05) is 0 Å². The number of ether oxygens (including phenoxy) is 1. The first-order valence-corrected chi connectivity index (χ1v) is 7.46. The molecule has 6 heteroatoms. The summed E-state index contributed by atoms with van der Waals surface area (Å²) in [6.07, 6.45) is -1.22. The van der Waals surface area contributed by atoms with Gasteiger partial charge < -0.3 is 20.3 Å². The van der Waals surface area contributed by atoms with Gasteiger partial charge >= 0.3 is 5.97 Å². The number of aliphatic carboxylic acids is 1. The quantitative estimate of drug-likeness (QED) is 0.720. The van der Waals surface area contributed by atoms with E-state index in [1.165, 1.54) is 13.0 Å². The maximum atomic E-state index is 12.3. The molecule has 6 nitrogen and oxygen atoms in total. The molecule has 2 unspecified atom stereocenters. The van der Waals surface area contributed by atoms with E-state index in [0.717, 1.165) is 5.56 Å². The first-order valence-electron chi connectivity index (χ1n) is 7.46. The summed E-state index contributed by atoms with van der Waals surface area (Å²) in [5.74, 6) is -1.58. The molecule has 0 aliphatic carbocycles. The average Bonchev–Trinajstić information content (AvgIpc) is 2.58. The molecular formula is C18H19NO5. The molecule has 1 amide bonds. The predicted molar refractivity (Wildman–Crippen MR) is 87.8 cm³/mol. The lowest BCUT2D eigenvalue weighted by molar-refractivity contribution is -0.141. The van der Waals surface area contributed by atoms with Crippen LogP contribution in [0.4, 0.5) is 0 Å². The van der Waals surface area contributed by atoms with Gasteiger partial charge in [-0.3, -0.25) is 4.79 Å². The second-order valence-electron chi connectivity index (χ2n) is 5.30. The minimum absolute atomic E-state index is 0.209. The molecule has 0 fully saturated rings. The molecule has 2 rings (SSSR count). The Morgan fingerprint density at radius 2 is 1.71 bits per heavy atom. The van der Waals surface area contributed by atoms with Crippen molar-refractivity contribution in [1.29, 1.82) is 0 Å². The molecule has 0 aliphatic rings. The lowest BCUT2D eigenvalue weighted by Gasteiger charge is -2.18. The molecule has 126 valence electrons. The molecule has 0 radical (unpaired) electrons. The number of aliphatic hydroxyl groups excluding tert-OH is 1. The van der Waals surface area contributed by atoms with Crippen LogP contribution in [-0.4, -0.2) is 34.2 Å². The highest BCUT2D eigenvalue weighted by molar-refractivity contribution is 5.99. The number of para-hydroxylation sites is 1. The van der Waals surface area contributed by atoms with Gasteiger partial charge in [0.25, 0.3) is 5.91 Å². The number of carboxylic acids is 1. The highest BCUT2D eigenvalue weighted by atomic mass is 16.5. The molecule has 2 aromatic carbocycles. The molecule has 2 atom stereocenters. The minimum atomic E-state index is -1.39. The largest absolute Gasteiger partial charge is 0.488 e. The van der Waals surface area contributed by atoms with Crippen molar-refractivity contribution in [2.45, 2.75) is 25.7 Å². The summed E-state index contributed by atoms with van der Waals surface area (Å²) < 4.78 is 5.68. The van der Waals surface area contributed by atoms with Crippen LogP contribution in [0.15, 0.2) is 54.6 Å². The number of hydrogen-bond donors (Lipinski definition) is 3. The zero-order chi connectivity index (χ0) is 17.5. The standard InChI is InChI=1S/C18H19NO5/c1-12(20)16(18(22)23)19-17(21)14-9-5-6-10-15(14)24-11-13-7-3-2-4-8-13/h2-10,12,16,20H,11H2,1H3,(H,19,21)(H,22,23). The van der Waals surface area contributed by atoms with Crippen molar-refractivity contribution in [3.63, 3.8) is 0 Å². The Kier molecular flexibility index (Phi) is 5.92. The Balaban J connectivity index is 2.12. The fraction of sp³-hybridized carbons (Fsp3) is 0.222. The van der Waals surface area contributed by atoms with Crippen molar-refractivity contribution in [2.24, 2.45) is 0 Å². The molecule has 24 heavy (non-hydrogen) atoms. The van der Waals surface area contributed by atoms with Crippen molar-refractivity contribution >= 4 is 11.9 Å². The van der Waals surface area contributed by atoms with Crippen LogP contribution in [0.3, 0.4) is 0 Å². The lowest BCUT2D eigenvalue weighted by Crippen LogP contribution is -2.47. The topological polar surface area (TPSA) is 95.9 Å². The van der Waals surface area contributed by atoms with Crippen LogP contribution >= 0.6 is 0 Å². The number of benzene rings is 2. The van der Waals surface area contributed by atoms with Crippen molar-refractivity contribution in [3.8, 4) is 5.75 Å². The second kappa shape index (κ2) is 8.12. The number of amides is 1. The molecule has 0 bridgehead atoms. The van der Waals surface area contributed by atoms with Crippen LogP contribution in [0.1, 0.15) is 22.8 Å². The Morgan fingerprint density at radius 1 is 1.08 bits per heavy atom. The number of nitrogens with one attached hydrogen (secondary N) is 1. The van der Waals surface area contributed by atoms with Crippen molar-refractivity contribution in [1.82, 2.24) is 5.32 Å². The van der Waals surface area contributed by atoms with E-state index in [1.54, 1.807) is 18.2 Å². The Morgan fingerprint density at radius 3 is 2.33 bits per heavy atom. The summed E-state index contributed by atoms with van der Waals surface area (Å²) in [5.41, 5.74) is 1.15. The third-order valence-corrected chi connectivity index (χ3v) is 3.40. The summed E-state index contributed by atoms with van der Waals surface area (Å²) in [6.45, 7) is 1.58. The van der Waals surface area contributed by atoms with E-state index >= 15 is 0 Å². The van der Waals surface area contributed by atoms with Crippen molar-refractivity contribution in [2.75, 3.05) is 0 Å². The normalized spacial score (nSPS) is 12.9. The lowest BCUT2D eigenvalue weighted by atomic mass is 10.1. The van der Waals surface area contributed by atoms with Crippen LogP contribution in [0.5, 0.6) is 5.75 Å². The van der Waals surface area contributed by atoms with Gasteiger partial charge in [-0.15, -0.1) is 0 Å². The van der Waals surface area contributed by atoms with Crippen LogP contribution in [0.2, 0.25) is 0 Å². The molecule has 3 N–H and O–H groups in total. The zero-order valence-electron chi connectivity index (χ0n) is 13.2. The summed E-state index contributed by atoms with van der Waals surface area (Å²) in [4.78, 5) is 23.4. The van der Waals surface area contributed by atoms with E-state index in [4.69, 9.17) is 9.84 Å². The van der Waals surface area contributed by atoms with E-state index in [1.807, 2.05) is 30.3 Å². The number of carbonyl (C=O) groups excluding carboxylic acids is 1. The molecular weight excluding hydrogens is 310 g/mol. The molecule has 2 aromatic rings. The van der Waals surface area contributed by atoms with Gasteiger partial charge in [-0.1, -0.05) is 42.5 Å². The highest BCUT2D eigenvalue weighted by Gasteiger charge is 2.26. The maximum Gasteiger partial charge on any atom is 0.328 e. The van der Waals surface area contributed by atoms with E-state index in [2.05, 4.69) is 5.32 Å². The molecule has 0 aromatic heterocycles. The summed E-state index contributed by atoms with van der Waals surface area (Å²) in [7, 11) is 0. The highest BCUT2D eigenvalue weighted by Crippen LogP contribution is 2.19. The van der Waals surface area contributed by atoms with Crippen molar-refractivity contribution in [3.05, 3.63) is 65.7 Å². The Hall–Kier alpha value is -2.86. The van der Waals surface area contributed by atoms with E-state index < -0.39 is 24.0 Å². The van der Waals surface area contributed by atoms with E-state index in [0.29, 0.717) is 5.75 Å². The van der Waals surface area contributed by atoms with Gasteiger partial charge in [0.1, 0.15) is 12.4 Å². The van der Waals surface area contributed by atoms with Crippen LogP contribution in [0, 0.1) is 0 Å². The predicted octanol–water partition coefficient (Wildman–Crippen LogP) is 1.83. The fourth-order valence-electron chi connectivity index (χ4n) is 2.12. The average molecular weight is 329 g/mol. The molecule has 0 aliphatic heterocycles. The molecule has 0 saturated heterocycles. The first-order chi connectivity index (χ1) is 11.5. The first kappa shape index (κ1) is 17.5. The van der Waals surface area contributed by atoms with E-state index in [9.17, 15) is 14.7 Å². The molecule has 0 spiro atoms. The van der Waals surface area contributed by atoms with Crippen LogP contribution in [0.25, 0.3) is 0 Å². The van der Waals surface area contributed by atoms with Gasteiger partial charge in [-0.25, -0.2) is 4.79 Å². The number of carbonyl (C=O) groups is 2. The van der Waals surface area contributed by atoms with Gasteiger partial charge in [0.2, 0.25) is 0 Å². The number of hydrogen-bond acceptors (Lipinski definition) is 4. The third-order valence-electron chi connectivity index (χ3n) is 3.40. The number of carboxylic acid groups (broad SMARTS) is 1. The summed E-state index contributed by atoms with van der Waals surface area (Å²) in [5, 5.41) is 20.8. The Labute approximate surface area is 139 Å². The number of rotatable bonds is 7. The SMILES string of the molecule is CC(O)C(NC(=O)c1ccccc1OCc1ccccc1)C(=O)O. The van der Waals surface area contributed by atoms with Crippen molar-refractivity contribution < 1.29 is 24.5 Å². The summed E-state index contributed by atoms with van der Waals surface area (Å²) in [6, 6.07) is 14.6. The van der Waals surface area contributed by atoms with E-state index in [-0.39, 0.29) is 12.2 Å². The molecule has 0 saturated carbocycles. The smallest absolute Gasteiger partial charge is 0.328 e. The fourth-order valence-corrected chi connectivity index (χ4v) is 2.12. The van der Waals surface area contributed by atoms with Gasteiger partial charge in [-0.05, 0) is 24.6 Å². The Bertz CT molecular complexity index is 700. The van der Waals surface area contributed by atoms with Crippen LogP contribution in [-0.2, 0) is 11.4 Å². The maximum absolute atomic E-state index is 12.3. The number of aliphatic hydroxyl groups is 1. The third kappa shape index (κ3) is 4.57. The van der Waals surface area contributed by atoms with Gasteiger partial charge in [-0.2, -0.15) is 0 Å². The van der Waals surface area contributed by atoms with Gasteiger partial charge in [0.05, 0.1) is 11.7 Å². The van der Waals surface area contributed by atoms with Crippen LogP contribution < -0.4 is 10.1 Å². The molecule has 0 heterocycles. The summed E-state index contributed by atoms with van der Waals surface area (Å²) >= 11 is 0. The zero-order valence-corrected chi connectivity index (χ0v) is 13.2. The second-order valence-corrected chi connectivity index (χ2v) is 5.30. The minimum Gasteiger partial charge on any atom is -0.488 e.